The highest BCUT2D eigenvalue weighted by atomic mass is 16.2. The molecule has 17 heavy (non-hydrogen) atoms. The van der Waals surface area contributed by atoms with Crippen LogP contribution in [0.1, 0.15) is 28.8 Å². The van der Waals surface area contributed by atoms with Gasteiger partial charge >= 0.3 is 0 Å². The summed E-state index contributed by atoms with van der Waals surface area (Å²) in [6.45, 7) is 0.456. The summed E-state index contributed by atoms with van der Waals surface area (Å²) in [7, 11) is 0. The molecule has 0 N–H and O–H groups in total. The largest absolute Gasteiger partial charge is 0.325 e. The Bertz CT molecular complexity index is 456. The first-order valence-corrected chi connectivity index (χ1v) is 5.55. The van der Waals surface area contributed by atoms with Gasteiger partial charge in [0.2, 0.25) is 0 Å². The molecule has 1 unspecified atom stereocenters. The zero-order valence-electron chi connectivity index (χ0n) is 9.33. The molecule has 1 aliphatic heterocycles. The Morgan fingerprint density at radius 2 is 2.06 bits per heavy atom. The summed E-state index contributed by atoms with van der Waals surface area (Å²) >= 11 is 0. The average molecular weight is 231 g/mol. The summed E-state index contributed by atoms with van der Waals surface area (Å²) < 4.78 is 0. The SMILES string of the molecule is O=CCCC(C=O)N1Cc2ccccc2C1=O. The molecule has 4 heteroatoms. The summed E-state index contributed by atoms with van der Waals surface area (Å²) in [5.41, 5.74) is 1.60. The van der Waals surface area contributed by atoms with E-state index in [4.69, 9.17) is 0 Å². The molecule has 1 aliphatic rings. The van der Waals surface area contributed by atoms with Gasteiger partial charge in [-0.25, -0.2) is 0 Å². The second-order valence-electron chi connectivity index (χ2n) is 4.04. The van der Waals surface area contributed by atoms with Crippen molar-refractivity contribution in [3.05, 3.63) is 35.4 Å². The van der Waals surface area contributed by atoms with E-state index in [2.05, 4.69) is 0 Å². The van der Waals surface area contributed by atoms with Gasteiger partial charge in [-0.2, -0.15) is 0 Å². The topological polar surface area (TPSA) is 54.5 Å². The molecule has 0 bridgehead atoms. The van der Waals surface area contributed by atoms with Crippen molar-refractivity contribution in [3.63, 3.8) is 0 Å². The molecular weight excluding hydrogens is 218 g/mol. The van der Waals surface area contributed by atoms with Gasteiger partial charge in [0, 0.05) is 18.5 Å². The number of fused-ring (bicyclic) bond motifs is 1. The number of carbonyl (C=O) groups is 3. The molecule has 2 rings (SSSR count). The van der Waals surface area contributed by atoms with Gasteiger partial charge in [0.25, 0.3) is 5.91 Å². The van der Waals surface area contributed by atoms with Crippen LogP contribution in [0.5, 0.6) is 0 Å². The smallest absolute Gasteiger partial charge is 0.255 e. The lowest BCUT2D eigenvalue weighted by Gasteiger charge is -2.22. The van der Waals surface area contributed by atoms with Crippen molar-refractivity contribution in [1.82, 2.24) is 4.90 Å². The number of benzene rings is 1. The number of aldehydes is 2. The van der Waals surface area contributed by atoms with Crippen LogP contribution >= 0.6 is 0 Å². The molecular formula is C13H13NO3. The lowest BCUT2D eigenvalue weighted by Crippen LogP contribution is -2.36. The van der Waals surface area contributed by atoms with Gasteiger partial charge in [-0.1, -0.05) is 18.2 Å². The van der Waals surface area contributed by atoms with Crippen LogP contribution in [0.2, 0.25) is 0 Å². The minimum absolute atomic E-state index is 0.122. The number of rotatable bonds is 5. The lowest BCUT2D eigenvalue weighted by molar-refractivity contribution is -0.112. The van der Waals surface area contributed by atoms with E-state index in [-0.39, 0.29) is 5.91 Å². The lowest BCUT2D eigenvalue weighted by atomic mass is 10.1. The second-order valence-corrected chi connectivity index (χ2v) is 4.04. The second kappa shape index (κ2) is 4.91. The molecule has 4 nitrogen and oxygen atoms in total. The molecule has 1 aromatic rings. The molecule has 0 spiro atoms. The minimum Gasteiger partial charge on any atom is -0.325 e. The summed E-state index contributed by atoms with van der Waals surface area (Å²) in [4.78, 5) is 34.9. The Labute approximate surface area is 99.2 Å². The van der Waals surface area contributed by atoms with Crippen LogP contribution in [0.25, 0.3) is 0 Å². The van der Waals surface area contributed by atoms with Crippen molar-refractivity contribution in [2.45, 2.75) is 25.4 Å². The summed E-state index contributed by atoms with van der Waals surface area (Å²) in [6.07, 6.45) is 2.20. The number of nitrogens with zero attached hydrogens (tertiary/aromatic N) is 1. The molecule has 0 fully saturated rings. The maximum Gasteiger partial charge on any atom is 0.255 e. The van der Waals surface area contributed by atoms with Gasteiger partial charge in [-0.15, -0.1) is 0 Å². The maximum absolute atomic E-state index is 12.0. The highest BCUT2D eigenvalue weighted by Gasteiger charge is 2.31. The third-order valence-electron chi connectivity index (χ3n) is 2.99. The Kier molecular flexibility index (Phi) is 3.32. The van der Waals surface area contributed by atoms with Gasteiger partial charge in [0.1, 0.15) is 12.6 Å². The maximum atomic E-state index is 12.0. The monoisotopic (exact) mass is 231 g/mol. The first-order chi connectivity index (χ1) is 8.27. The van der Waals surface area contributed by atoms with Gasteiger partial charge < -0.3 is 14.5 Å². The molecule has 0 aromatic heterocycles. The molecule has 88 valence electrons. The van der Waals surface area contributed by atoms with E-state index in [0.717, 1.165) is 18.1 Å². The first-order valence-electron chi connectivity index (χ1n) is 5.55. The van der Waals surface area contributed by atoms with Crippen LogP contribution < -0.4 is 0 Å². The van der Waals surface area contributed by atoms with E-state index in [1.54, 1.807) is 6.07 Å². The molecule has 1 heterocycles. The fourth-order valence-corrected chi connectivity index (χ4v) is 2.08. The van der Waals surface area contributed by atoms with E-state index in [9.17, 15) is 14.4 Å². The van der Waals surface area contributed by atoms with E-state index < -0.39 is 6.04 Å². The van der Waals surface area contributed by atoms with Crippen molar-refractivity contribution < 1.29 is 14.4 Å². The van der Waals surface area contributed by atoms with Crippen molar-refractivity contribution in [2.24, 2.45) is 0 Å². The molecule has 0 saturated heterocycles. The van der Waals surface area contributed by atoms with Crippen LogP contribution in [0.15, 0.2) is 24.3 Å². The van der Waals surface area contributed by atoms with Gasteiger partial charge in [-0.3, -0.25) is 4.79 Å². The quantitative estimate of drug-likeness (QED) is 0.715. The third-order valence-corrected chi connectivity index (χ3v) is 2.99. The zero-order chi connectivity index (χ0) is 12.3. The minimum atomic E-state index is -0.500. The summed E-state index contributed by atoms with van der Waals surface area (Å²) in [5.74, 6) is -0.122. The number of hydrogen-bond donors (Lipinski definition) is 0. The van der Waals surface area contributed by atoms with Crippen molar-refractivity contribution in [3.8, 4) is 0 Å². The van der Waals surface area contributed by atoms with Gasteiger partial charge in [0.05, 0.1) is 6.04 Å². The van der Waals surface area contributed by atoms with Crippen molar-refractivity contribution in [1.29, 1.82) is 0 Å². The van der Waals surface area contributed by atoms with E-state index >= 15 is 0 Å². The molecule has 0 saturated carbocycles. The predicted molar refractivity (Wildman–Crippen MR) is 61.5 cm³/mol. The van der Waals surface area contributed by atoms with E-state index in [0.29, 0.717) is 24.9 Å². The van der Waals surface area contributed by atoms with Crippen LogP contribution in [-0.4, -0.2) is 29.4 Å². The first kappa shape index (κ1) is 11.5. The van der Waals surface area contributed by atoms with Crippen LogP contribution in [0.3, 0.4) is 0 Å². The highest BCUT2D eigenvalue weighted by Crippen LogP contribution is 2.24. The fourth-order valence-electron chi connectivity index (χ4n) is 2.08. The molecule has 1 aromatic carbocycles. The third kappa shape index (κ3) is 2.11. The van der Waals surface area contributed by atoms with Gasteiger partial charge in [-0.05, 0) is 18.1 Å². The highest BCUT2D eigenvalue weighted by molar-refractivity contribution is 5.99. The van der Waals surface area contributed by atoms with Crippen molar-refractivity contribution >= 4 is 18.5 Å². The molecule has 0 aliphatic carbocycles. The fraction of sp³-hybridized carbons (Fsp3) is 0.308. The molecule has 1 amide bonds. The Morgan fingerprint density at radius 3 is 2.71 bits per heavy atom. The molecule has 1 atom stereocenters. The van der Waals surface area contributed by atoms with Crippen LogP contribution in [-0.2, 0) is 16.1 Å². The zero-order valence-corrected chi connectivity index (χ0v) is 9.33. The van der Waals surface area contributed by atoms with Crippen LogP contribution in [0.4, 0.5) is 0 Å². The Balaban J connectivity index is 2.18. The normalized spacial score (nSPS) is 15.5. The number of hydrogen-bond acceptors (Lipinski definition) is 3. The van der Waals surface area contributed by atoms with Crippen LogP contribution in [0, 0.1) is 0 Å². The predicted octanol–water partition coefficient (Wildman–Crippen LogP) is 1.19. The molecule has 0 radical (unpaired) electrons. The number of amides is 1. The van der Waals surface area contributed by atoms with E-state index in [1.165, 1.54) is 4.90 Å². The van der Waals surface area contributed by atoms with Crippen molar-refractivity contribution in [2.75, 3.05) is 0 Å². The Morgan fingerprint density at radius 1 is 1.29 bits per heavy atom. The van der Waals surface area contributed by atoms with E-state index in [1.807, 2.05) is 18.2 Å². The standard InChI is InChI=1S/C13H13NO3/c15-7-3-5-11(9-16)14-8-10-4-1-2-6-12(10)13(14)17/h1-2,4,6-7,9,11H,3,5,8H2. The summed E-state index contributed by atoms with van der Waals surface area (Å²) in [6, 6.07) is 6.83. The Hall–Kier alpha value is -1.97. The average Bonchev–Trinajstić information content (AvgIpc) is 2.69. The van der Waals surface area contributed by atoms with Gasteiger partial charge in [0.15, 0.2) is 0 Å². The summed E-state index contributed by atoms with van der Waals surface area (Å²) in [5, 5.41) is 0. The number of carbonyl (C=O) groups excluding carboxylic acids is 3.